The predicted octanol–water partition coefficient (Wildman–Crippen LogP) is 2.91. The maximum atomic E-state index is 12.5. The minimum atomic E-state index is -4.60. The van der Waals surface area contributed by atoms with Gasteiger partial charge < -0.3 is 0 Å². The standard InChI is InChI=1S/C11H11BrClNO6S5/c1-5-9(12)10(6(2)21-5)25(19,20)14-24(17,18)7-4-8(22-11(7)13)23(3,15)16/h4,14H,1-3H3. The van der Waals surface area contributed by atoms with E-state index < -0.39 is 34.8 Å². The van der Waals surface area contributed by atoms with Crippen LogP contribution in [0.5, 0.6) is 0 Å². The predicted molar refractivity (Wildman–Crippen MR) is 101 cm³/mol. The molecule has 0 aliphatic heterocycles. The number of rotatable bonds is 5. The topological polar surface area (TPSA) is 114 Å². The first kappa shape index (κ1) is 21.3. The maximum Gasteiger partial charge on any atom is 0.256 e. The first-order valence-electron chi connectivity index (χ1n) is 6.20. The van der Waals surface area contributed by atoms with Crippen molar-refractivity contribution in [3.8, 4) is 0 Å². The van der Waals surface area contributed by atoms with Crippen molar-refractivity contribution in [1.29, 1.82) is 0 Å². The van der Waals surface area contributed by atoms with E-state index in [1.807, 2.05) is 0 Å². The lowest BCUT2D eigenvalue weighted by Crippen LogP contribution is -2.31. The molecule has 0 aliphatic carbocycles. The Hall–Kier alpha value is -0.0200. The van der Waals surface area contributed by atoms with Crippen molar-refractivity contribution in [2.24, 2.45) is 0 Å². The molecule has 0 bridgehead atoms. The average molecular weight is 529 g/mol. The smallest absolute Gasteiger partial charge is 0.223 e. The summed E-state index contributed by atoms with van der Waals surface area (Å²) in [6.45, 7) is 3.23. The highest BCUT2D eigenvalue weighted by Gasteiger charge is 2.32. The monoisotopic (exact) mass is 527 g/mol. The lowest BCUT2D eigenvalue weighted by molar-refractivity contribution is 0.576. The van der Waals surface area contributed by atoms with Crippen molar-refractivity contribution in [3.05, 3.63) is 24.6 Å². The van der Waals surface area contributed by atoms with E-state index in [-0.39, 0.29) is 17.9 Å². The number of hydrogen-bond acceptors (Lipinski definition) is 8. The van der Waals surface area contributed by atoms with Crippen LogP contribution < -0.4 is 4.13 Å². The van der Waals surface area contributed by atoms with Crippen LogP contribution in [0.25, 0.3) is 0 Å². The number of thiophene rings is 2. The van der Waals surface area contributed by atoms with Crippen molar-refractivity contribution < 1.29 is 25.3 Å². The molecule has 7 nitrogen and oxygen atoms in total. The molecule has 1 N–H and O–H groups in total. The molecule has 0 aliphatic rings. The van der Waals surface area contributed by atoms with Gasteiger partial charge in [0.15, 0.2) is 9.84 Å². The molecule has 2 aromatic heterocycles. The molecule has 0 aromatic carbocycles. The first-order valence-corrected chi connectivity index (χ1v) is 13.9. The lowest BCUT2D eigenvalue weighted by atomic mass is 10.4. The molecule has 0 atom stereocenters. The van der Waals surface area contributed by atoms with E-state index in [1.54, 1.807) is 18.0 Å². The van der Waals surface area contributed by atoms with E-state index in [2.05, 4.69) is 15.9 Å². The molecule has 0 saturated carbocycles. The van der Waals surface area contributed by atoms with Gasteiger partial charge >= 0.3 is 0 Å². The second-order valence-corrected chi connectivity index (χ2v) is 14.6. The van der Waals surface area contributed by atoms with Gasteiger partial charge in [-0.15, -0.1) is 26.8 Å². The molecule has 0 amide bonds. The molecule has 2 aromatic rings. The Morgan fingerprint density at radius 1 is 1.00 bits per heavy atom. The van der Waals surface area contributed by atoms with Crippen LogP contribution in [0.3, 0.4) is 0 Å². The van der Waals surface area contributed by atoms with Crippen molar-refractivity contribution >= 4 is 80.1 Å². The molecule has 0 spiro atoms. The number of nitrogens with one attached hydrogen (secondary N) is 1. The Kier molecular flexibility index (Phi) is 5.84. The summed E-state index contributed by atoms with van der Waals surface area (Å²) >= 11 is 10.7. The van der Waals surface area contributed by atoms with Crippen LogP contribution in [0, 0.1) is 13.8 Å². The van der Waals surface area contributed by atoms with Crippen LogP contribution >= 0.6 is 50.2 Å². The lowest BCUT2D eigenvalue weighted by Gasteiger charge is -2.07. The molecule has 25 heavy (non-hydrogen) atoms. The number of sulfonamides is 2. The van der Waals surface area contributed by atoms with E-state index in [0.29, 0.717) is 21.1 Å². The highest BCUT2D eigenvalue weighted by Crippen LogP contribution is 2.37. The van der Waals surface area contributed by atoms with Crippen molar-refractivity contribution in [3.63, 3.8) is 0 Å². The third-order valence-corrected chi connectivity index (χ3v) is 12.7. The molecule has 0 saturated heterocycles. The second kappa shape index (κ2) is 6.86. The fourth-order valence-electron chi connectivity index (χ4n) is 1.87. The quantitative estimate of drug-likeness (QED) is 0.638. The molecular weight excluding hydrogens is 518 g/mol. The van der Waals surface area contributed by atoms with Gasteiger partial charge in [0.1, 0.15) is 18.3 Å². The van der Waals surface area contributed by atoms with E-state index in [4.69, 9.17) is 11.6 Å². The van der Waals surface area contributed by atoms with E-state index in [9.17, 15) is 25.3 Å². The van der Waals surface area contributed by atoms with Gasteiger partial charge in [0.2, 0.25) is 0 Å². The van der Waals surface area contributed by atoms with Crippen molar-refractivity contribution in [1.82, 2.24) is 4.13 Å². The zero-order valence-corrected chi connectivity index (χ0v) is 19.2. The van der Waals surface area contributed by atoms with Gasteiger partial charge in [-0.1, -0.05) is 11.6 Å². The fraction of sp³-hybridized carbons (Fsp3) is 0.273. The highest BCUT2D eigenvalue weighted by molar-refractivity contribution is 9.10. The molecule has 2 heterocycles. The number of hydrogen-bond donors (Lipinski definition) is 1. The van der Waals surface area contributed by atoms with Crippen molar-refractivity contribution in [2.75, 3.05) is 6.26 Å². The summed E-state index contributed by atoms with van der Waals surface area (Å²) in [5, 5.41) is 0. The van der Waals surface area contributed by atoms with Crippen LogP contribution in [0.2, 0.25) is 4.34 Å². The Morgan fingerprint density at radius 2 is 1.56 bits per heavy atom. The SMILES string of the molecule is Cc1sc(C)c(S(=O)(=O)NS(=O)(=O)c2cc(S(C)(=O)=O)sc2Cl)c1Br. The third kappa shape index (κ3) is 4.29. The van der Waals surface area contributed by atoms with Gasteiger partial charge in [-0.3, -0.25) is 0 Å². The van der Waals surface area contributed by atoms with Crippen LogP contribution in [-0.4, -0.2) is 31.5 Å². The van der Waals surface area contributed by atoms with Gasteiger partial charge in [0.25, 0.3) is 20.0 Å². The maximum absolute atomic E-state index is 12.5. The summed E-state index contributed by atoms with van der Waals surface area (Å²) in [5.74, 6) is 0. The first-order chi connectivity index (χ1) is 11.2. The Morgan fingerprint density at radius 3 is 1.96 bits per heavy atom. The van der Waals surface area contributed by atoms with Gasteiger partial charge in [-0.2, -0.15) is 0 Å². The summed E-state index contributed by atoms with van der Waals surface area (Å²) in [7, 11) is -12.7. The Bertz CT molecular complexity index is 1160. The second-order valence-electron chi connectivity index (χ2n) is 4.92. The minimum Gasteiger partial charge on any atom is -0.223 e. The molecule has 0 unspecified atom stereocenters. The molecule has 14 heteroatoms. The molecule has 0 radical (unpaired) electrons. The van der Waals surface area contributed by atoms with E-state index in [1.165, 1.54) is 11.3 Å². The Labute approximate surface area is 167 Å². The summed E-state index contributed by atoms with van der Waals surface area (Å²) in [6.07, 6.45) is 0.893. The zero-order chi connectivity index (χ0) is 19.4. The van der Waals surface area contributed by atoms with Crippen LogP contribution in [0.15, 0.2) is 24.5 Å². The normalized spacial score (nSPS) is 13.3. The van der Waals surface area contributed by atoms with Crippen LogP contribution in [0.4, 0.5) is 0 Å². The minimum absolute atomic E-state index is 0.187. The summed E-state index contributed by atoms with van der Waals surface area (Å²) in [6, 6.07) is 0.834. The van der Waals surface area contributed by atoms with Crippen molar-refractivity contribution in [2.45, 2.75) is 27.8 Å². The summed E-state index contributed by atoms with van der Waals surface area (Å²) in [5.41, 5.74) is 0. The largest absolute Gasteiger partial charge is 0.256 e. The number of halogens is 2. The van der Waals surface area contributed by atoms with Gasteiger partial charge in [-0.25, -0.2) is 25.3 Å². The average Bonchev–Trinajstić information content (AvgIpc) is 2.90. The van der Waals surface area contributed by atoms with Gasteiger partial charge in [0.05, 0.1) is 4.47 Å². The Balaban J connectivity index is 2.54. The van der Waals surface area contributed by atoms with Crippen LogP contribution in [-0.2, 0) is 29.9 Å². The van der Waals surface area contributed by atoms with Gasteiger partial charge in [0, 0.05) is 16.0 Å². The molecule has 2 rings (SSSR count). The number of aryl methyl sites for hydroxylation is 2. The summed E-state index contributed by atoms with van der Waals surface area (Å²) < 4.78 is 74.2. The highest BCUT2D eigenvalue weighted by atomic mass is 79.9. The van der Waals surface area contributed by atoms with E-state index in [0.717, 1.165) is 12.3 Å². The number of sulfone groups is 1. The fourth-order valence-corrected chi connectivity index (χ4v) is 10.7. The zero-order valence-electron chi connectivity index (χ0n) is 12.8. The van der Waals surface area contributed by atoms with Crippen LogP contribution in [0.1, 0.15) is 9.75 Å². The summed E-state index contributed by atoms with van der Waals surface area (Å²) in [4.78, 5) is 0.278. The molecule has 0 fully saturated rings. The molecule has 140 valence electrons. The van der Waals surface area contributed by atoms with E-state index >= 15 is 0 Å². The van der Waals surface area contributed by atoms with Gasteiger partial charge in [-0.05, 0) is 35.8 Å². The molecular formula is C11H11BrClNO6S5. The third-order valence-electron chi connectivity index (χ3n) is 2.91.